The predicted molar refractivity (Wildman–Crippen MR) is 107 cm³/mol. The van der Waals surface area contributed by atoms with Gasteiger partial charge in [-0.2, -0.15) is 0 Å². The van der Waals surface area contributed by atoms with Crippen molar-refractivity contribution in [3.63, 3.8) is 0 Å². The van der Waals surface area contributed by atoms with Crippen LogP contribution in [0.15, 0.2) is 41.2 Å². The van der Waals surface area contributed by atoms with Crippen LogP contribution in [0.3, 0.4) is 0 Å². The molecule has 0 aliphatic carbocycles. The van der Waals surface area contributed by atoms with Crippen molar-refractivity contribution in [3.8, 4) is 11.5 Å². The molecule has 144 valence electrons. The number of amides is 1. The molecule has 0 saturated carbocycles. The van der Waals surface area contributed by atoms with E-state index >= 15 is 0 Å². The van der Waals surface area contributed by atoms with Gasteiger partial charge in [0.15, 0.2) is 11.5 Å². The van der Waals surface area contributed by atoms with Gasteiger partial charge in [-0.15, -0.1) is 0 Å². The Balaban J connectivity index is 1.45. The van der Waals surface area contributed by atoms with Crippen LogP contribution in [0.25, 0.3) is 10.9 Å². The number of nitrogens with one attached hydrogen (secondary N) is 2. The van der Waals surface area contributed by atoms with Gasteiger partial charge in [0.25, 0.3) is 5.56 Å². The van der Waals surface area contributed by atoms with Gasteiger partial charge in [0.2, 0.25) is 5.91 Å². The summed E-state index contributed by atoms with van der Waals surface area (Å²) in [7, 11) is 0. The molecule has 1 aromatic heterocycles. The Hall–Kier alpha value is -3.28. The molecule has 0 bridgehead atoms. The molecule has 6 nitrogen and oxygen atoms in total. The van der Waals surface area contributed by atoms with Crippen molar-refractivity contribution in [2.24, 2.45) is 0 Å². The van der Waals surface area contributed by atoms with Gasteiger partial charge in [-0.1, -0.05) is 6.07 Å². The van der Waals surface area contributed by atoms with E-state index in [0.717, 1.165) is 27.6 Å². The molecule has 1 aliphatic rings. The monoisotopic (exact) mass is 378 g/mol. The second kappa shape index (κ2) is 7.38. The molecule has 0 atom stereocenters. The van der Waals surface area contributed by atoms with E-state index in [0.29, 0.717) is 30.3 Å². The lowest BCUT2D eigenvalue weighted by molar-refractivity contribution is -0.120. The minimum absolute atomic E-state index is 0.156. The van der Waals surface area contributed by atoms with Crippen LogP contribution in [0, 0.1) is 13.8 Å². The van der Waals surface area contributed by atoms with Crippen molar-refractivity contribution >= 4 is 16.8 Å². The first-order chi connectivity index (χ1) is 13.5. The molecule has 0 unspecified atom stereocenters. The fourth-order valence-electron chi connectivity index (χ4n) is 3.29. The molecular weight excluding hydrogens is 356 g/mol. The van der Waals surface area contributed by atoms with Crippen LogP contribution in [0.1, 0.15) is 22.3 Å². The predicted octanol–water partition coefficient (Wildman–Crippen LogP) is 2.78. The van der Waals surface area contributed by atoms with E-state index in [1.165, 1.54) is 0 Å². The Morgan fingerprint density at radius 3 is 2.61 bits per heavy atom. The van der Waals surface area contributed by atoms with E-state index in [4.69, 9.17) is 9.47 Å². The smallest absolute Gasteiger partial charge is 0.253 e. The maximum absolute atomic E-state index is 12.3. The van der Waals surface area contributed by atoms with Gasteiger partial charge < -0.3 is 19.8 Å². The number of ether oxygens (including phenoxy) is 2. The third-order valence-corrected chi connectivity index (χ3v) is 4.98. The standard InChI is InChI=1S/C22H22N2O4/c1-13-7-16-11-17(22(26)24-18(16)8-14(13)2)12-23-21(25)10-15-3-4-19-20(9-15)28-6-5-27-19/h3-4,7-9,11H,5-6,10,12H2,1-2H3,(H,23,25)(H,24,26). The van der Waals surface area contributed by atoms with E-state index in [9.17, 15) is 9.59 Å². The molecular formula is C22H22N2O4. The summed E-state index contributed by atoms with van der Waals surface area (Å²) in [5.41, 5.74) is 4.28. The quantitative estimate of drug-likeness (QED) is 0.732. The molecule has 2 N–H and O–H groups in total. The number of hydrogen-bond acceptors (Lipinski definition) is 4. The fourth-order valence-corrected chi connectivity index (χ4v) is 3.29. The largest absolute Gasteiger partial charge is 0.486 e. The second-order valence-electron chi connectivity index (χ2n) is 7.08. The summed E-state index contributed by atoms with van der Waals surface area (Å²) in [6.45, 7) is 5.27. The first-order valence-electron chi connectivity index (χ1n) is 9.28. The summed E-state index contributed by atoms with van der Waals surface area (Å²) in [6, 6.07) is 11.3. The van der Waals surface area contributed by atoms with E-state index in [1.807, 2.05) is 50.2 Å². The maximum Gasteiger partial charge on any atom is 0.253 e. The number of fused-ring (bicyclic) bond motifs is 2. The van der Waals surface area contributed by atoms with Crippen molar-refractivity contribution in [1.82, 2.24) is 10.3 Å². The third-order valence-electron chi connectivity index (χ3n) is 4.98. The van der Waals surface area contributed by atoms with Crippen molar-refractivity contribution in [2.45, 2.75) is 26.8 Å². The molecule has 0 spiro atoms. The number of aryl methyl sites for hydroxylation is 2. The zero-order valence-corrected chi connectivity index (χ0v) is 15.9. The van der Waals surface area contributed by atoms with Gasteiger partial charge >= 0.3 is 0 Å². The molecule has 28 heavy (non-hydrogen) atoms. The Morgan fingerprint density at radius 2 is 1.79 bits per heavy atom. The highest BCUT2D eigenvalue weighted by molar-refractivity contribution is 5.81. The normalized spacial score (nSPS) is 12.8. The molecule has 1 aliphatic heterocycles. The summed E-state index contributed by atoms with van der Waals surface area (Å²) >= 11 is 0. The van der Waals surface area contributed by atoms with E-state index < -0.39 is 0 Å². The molecule has 2 aromatic carbocycles. The second-order valence-corrected chi connectivity index (χ2v) is 7.08. The summed E-state index contributed by atoms with van der Waals surface area (Å²) in [5, 5.41) is 3.79. The van der Waals surface area contributed by atoms with Crippen LogP contribution in [-0.4, -0.2) is 24.1 Å². The molecule has 1 amide bonds. The average molecular weight is 378 g/mol. The zero-order valence-electron chi connectivity index (χ0n) is 15.9. The van der Waals surface area contributed by atoms with Gasteiger partial charge in [-0.05, 0) is 66.3 Å². The number of hydrogen-bond donors (Lipinski definition) is 2. The highest BCUT2D eigenvalue weighted by Gasteiger charge is 2.13. The molecule has 0 saturated heterocycles. The molecule has 3 aromatic rings. The SMILES string of the molecule is Cc1cc2cc(CNC(=O)Cc3ccc4c(c3)OCCO4)c(=O)[nH]c2cc1C. The van der Waals surface area contributed by atoms with Crippen LogP contribution in [0.2, 0.25) is 0 Å². The van der Waals surface area contributed by atoms with Crippen LogP contribution in [0.5, 0.6) is 11.5 Å². The summed E-state index contributed by atoms with van der Waals surface area (Å²) in [6.07, 6.45) is 0.209. The van der Waals surface area contributed by atoms with E-state index in [1.54, 1.807) is 0 Å². The van der Waals surface area contributed by atoms with Crippen LogP contribution in [-0.2, 0) is 17.8 Å². The first-order valence-corrected chi connectivity index (χ1v) is 9.28. The molecule has 6 heteroatoms. The highest BCUT2D eigenvalue weighted by Crippen LogP contribution is 2.30. The lowest BCUT2D eigenvalue weighted by Gasteiger charge is -2.18. The number of rotatable bonds is 4. The number of aromatic nitrogens is 1. The number of pyridine rings is 1. The summed E-state index contributed by atoms with van der Waals surface area (Å²) < 4.78 is 11.0. The topological polar surface area (TPSA) is 80.4 Å². The van der Waals surface area contributed by atoms with Crippen molar-refractivity contribution in [2.75, 3.05) is 13.2 Å². The van der Waals surface area contributed by atoms with Gasteiger partial charge in [0, 0.05) is 17.6 Å². The fraction of sp³-hybridized carbons (Fsp3) is 0.273. The van der Waals surface area contributed by atoms with E-state index in [2.05, 4.69) is 10.3 Å². The average Bonchev–Trinajstić information content (AvgIpc) is 2.68. The van der Waals surface area contributed by atoms with Crippen molar-refractivity contribution in [3.05, 3.63) is 69.0 Å². The number of benzene rings is 2. The Bertz CT molecular complexity index is 1120. The minimum atomic E-state index is -0.185. The first kappa shape index (κ1) is 18.1. The maximum atomic E-state index is 12.3. The van der Waals surface area contributed by atoms with Gasteiger partial charge in [-0.25, -0.2) is 0 Å². The Kier molecular flexibility index (Phi) is 4.77. The van der Waals surface area contributed by atoms with Gasteiger partial charge in [-0.3, -0.25) is 9.59 Å². The van der Waals surface area contributed by atoms with Crippen molar-refractivity contribution in [1.29, 1.82) is 0 Å². The van der Waals surface area contributed by atoms with E-state index in [-0.39, 0.29) is 24.4 Å². The van der Waals surface area contributed by atoms with Crippen LogP contribution >= 0.6 is 0 Å². The van der Waals surface area contributed by atoms with Crippen LogP contribution < -0.4 is 20.3 Å². The minimum Gasteiger partial charge on any atom is -0.486 e. The van der Waals surface area contributed by atoms with Gasteiger partial charge in [0.1, 0.15) is 13.2 Å². The van der Waals surface area contributed by atoms with Gasteiger partial charge in [0.05, 0.1) is 6.42 Å². The lowest BCUT2D eigenvalue weighted by Crippen LogP contribution is -2.28. The van der Waals surface area contributed by atoms with Crippen LogP contribution in [0.4, 0.5) is 0 Å². The molecule has 4 rings (SSSR count). The van der Waals surface area contributed by atoms with Crippen molar-refractivity contribution < 1.29 is 14.3 Å². The number of H-pyrrole nitrogens is 1. The lowest BCUT2D eigenvalue weighted by atomic mass is 10.0. The summed E-state index contributed by atoms with van der Waals surface area (Å²) in [5.74, 6) is 1.20. The zero-order chi connectivity index (χ0) is 19.7. The molecule has 2 heterocycles. The third kappa shape index (κ3) is 3.71. The Labute approximate surface area is 162 Å². The highest BCUT2D eigenvalue weighted by atomic mass is 16.6. The summed E-state index contributed by atoms with van der Waals surface area (Å²) in [4.78, 5) is 27.6. The molecule has 0 fully saturated rings. The number of carbonyl (C=O) groups excluding carboxylic acids is 1. The number of aromatic amines is 1. The Morgan fingerprint density at radius 1 is 1.04 bits per heavy atom. The molecule has 0 radical (unpaired) electrons. The number of carbonyl (C=O) groups is 1.